The lowest BCUT2D eigenvalue weighted by molar-refractivity contribution is 0.582. The molecule has 0 radical (unpaired) electrons. The summed E-state index contributed by atoms with van der Waals surface area (Å²) in [6.45, 7) is 5.47. The highest BCUT2D eigenvalue weighted by Gasteiger charge is 2.20. The molecule has 0 amide bonds. The van der Waals surface area contributed by atoms with Gasteiger partial charge in [0.2, 0.25) is 0 Å². The van der Waals surface area contributed by atoms with Gasteiger partial charge in [-0.25, -0.2) is 0 Å². The molecule has 1 aliphatic rings. The van der Waals surface area contributed by atoms with Crippen molar-refractivity contribution in [3.63, 3.8) is 0 Å². The van der Waals surface area contributed by atoms with E-state index in [1.54, 1.807) is 11.1 Å². The Morgan fingerprint density at radius 2 is 2.07 bits per heavy atom. The van der Waals surface area contributed by atoms with Gasteiger partial charge < -0.3 is 5.32 Å². The SMILES string of the molecule is CC(C)NCc1cscc1C1CCCC1. The van der Waals surface area contributed by atoms with Crippen molar-refractivity contribution in [2.75, 3.05) is 0 Å². The van der Waals surface area contributed by atoms with Gasteiger partial charge in [-0.15, -0.1) is 0 Å². The van der Waals surface area contributed by atoms with Crippen LogP contribution < -0.4 is 5.32 Å². The van der Waals surface area contributed by atoms with Gasteiger partial charge in [0, 0.05) is 12.6 Å². The standard InChI is InChI=1S/C13H21NS/c1-10(2)14-7-12-8-15-9-13(12)11-5-3-4-6-11/h8-11,14H,3-7H2,1-2H3. The zero-order chi connectivity index (χ0) is 10.7. The lowest BCUT2D eigenvalue weighted by Crippen LogP contribution is -2.22. The molecule has 15 heavy (non-hydrogen) atoms. The Kier molecular flexibility index (Phi) is 3.81. The van der Waals surface area contributed by atoms with Crippen molar-refractivity contribution in [2.45, 2.75) is 58.0 Å². The van der Waals surface area contributed by atoms with E-state index in [-0.39, 0.29) is 0 Å². The minimum absolute atomic E-state index is 0.585. The molecule has 1 saturated carbocycles. The van der Waals surface area contributed by atoms with Gasteiger partial charge in [0.05, 0.1) is 0 Å². The van der Waals surface area contributed by atoms with E-state index in [4.69, 9.17) is 0 Å². The van der Waals surface area contributed by atoms with Crippen LogP contribution in [0.3, 0.4) is 0 Å². The zero-order valence-corrected chi connectivity index (χ0v) is 10.6. The molecule has 0 atom stereocenters. The summed E-state index contributed by atoms with van der Waals surface area (Å²) in [6, 6.07) is 0.585. The second-order valence-corrected chi connectivity index (χ2v) is 5.61. The summed E-state index contributed by atoms with van der Waals surface area (Å²) < 4.78 is 0. The lowest BCUT2D eigenvalue weighted by Gasteiger charge is -2.13. The van der Waals surface area contributed by atoms with E-state index in [0.717, 1.165) is 12.5 Å². The molecule has 0 saturated heterocycles. The Hall–Kier alpha value is -0.340. The fourth-order valence-electron chi connectivity index (χ4n) is 2.39. The van der Waals surface area contributed by atoms with Gasteiger partial charge in [0.15, 0.2) is 0 Å². The maximum atomic E-state index is 3.52. The summed E-state index contributed by atoms with van der Waals surface area (Å²) in [7, 11) is 0. The first-order valence-electron chi connectivity index (χ1n) is 6.05. The van der Waals surface area contributed by atoms with Gasteiger partial charge in [-0.1, -0.05) is 26.7 Å². The highest BCUT2D eigenvalue weighted by atomic mass is 32.1. The first kappa shape index (κ1) is 11.2. The van der Waals surface area contributed by atoms with Crippen LogP contribution >= 0.6 is 11.3 Å². The van der Waals surface area contributed by atoms with Crippen LogP contribution in [-0.2, 0) is 6.54 Å². The molecule has 1 aliphatic carbocycles. The van der Waals surface area contributed by atoms with E-state index in [1.165, 1.54) is 25.7 Å². The third kappa shape index (κ3) is 2.82. The summed E-state index contributed by atoms with van der Waals surface area (Å²) in [5.41, 5.74) is 3.17. The van der Waals surface area contributed by atoms with Crippen LogP contribution in [0.4, 0.5) is 0 Å². The van der Waals surface area contributed by atoms with Crippen molar-refractivity contribution in [3.8, 4) is 0 Å². The topological polar surface area (TPSA) is 12.0 Å². The maximum Gasteiger partial charge on any atom is 0.0218 e. The van der Waals surface area contributed by atoms with Gasteiger partial charge in [0.1, 0.15) is 0 Å². The number of hydrogen-bond donors (Lipinski definition) is 1. The van der Waals surface area contributed by atoms with Crippen molar-refractivity contribution in [3.05, 3.63) is 21.9 Å². The van der Waals surface area contributed by atoms with E-state index < -0.39 is 0 Å². The largest absolute Gasteiger partial charge is 0.310 e. The van der Waals surface area contributed by atoms with Gasteiger partial charge in [0.25, 0.3) is 0 Å². The molecule has 2 rings (SSSR count). The molecule has 1 N–H and O–H groups in total. The average Bonchev–Trinajstić information content (AvgIpc) is 2.85. The molecule has 0 unspecified atom stereocenters. The van der Waals surface area contributed by atoms with Crippen LogP contribution in [0.15, 0.2) is 10.8 Å². The molecule has 1 fully saturated rings. The molecule has 0 bridgehead atoms. The third-order valence-electron chi connectivity index (χ3n) is 3.27. The van der Waals surface area contributed by atoms with Gasteiger partial charge in [-0.3, -0.25) is 0 Å². The summed E-state index contributed by atoms with van der Waals surface area (Å²) in [5, 5.41) is 8.21. The monoisotopic (exact) mass is 223 g/mol. The highest BCUT2D eigenvalue weighted by molar-refractivity contribution is 7.08. The minimum atomic E-state index is 0.585. The van der Waals surface area contributed by atoms with Crippen LogP contribution in [0.25, 0.3) is 0 Å². The summed E-state index contributed by atoms with van der Waals surface area (Å²) in [6.07, 6.45) is 5.67. The summed E-state index contributed by atoms with van der Waals surface area (Å²) >= 11 is 1.86. The predicted octanol–water partition coefficient (Wildman–Crippen LogP) is 3.90. The average molecular weight is 223 g/mol. The molecule has 84 valence electrons. The molecule has 1 heterocycles. The molecule has 0 spiro atoms. The van der Waals surface area contributed by atoms with E-state index in [0.29, 0.717) is 6.04 Å². The molecule has 1 nitrogen and oxygen atoms in total. The van der Waals surface area contributed by atoms with Crippen LogP contribution in [0.1, 0.15) is 56.6 Å². The lowest BCUT2D eigenvalue weighted by atomic mass is 9.97. The Bertz CT molecular complexity index is 297. The van der Waals surface area contributed by atoms with Crippen molar-refractivity contribution in [1.29, 1.82) is 0 Å². The van der Waals surface area contributed by atoms with Crippen LogP contribution in [0.5, 0.6) is 0 Å². The van der Waals surface area contributed by atoms with Crippen molar-refractivity contribution in [2.24, 2.45) is 0 Å². The van der Waals surface area contributed by atoms with Crippen LogP contribution in [-0.4, -0.2) is 6.04 Å². The van der Waals surface area contributed by atoms with Gasteiger partial charge >= 0.3 is 0 Å². The fourth-order valence-corrected chi connectivity index (χ4v) is 3.33. The van der Waals surface area contributed by atoms with Gasteiger partial charge in [-0.05, 0) is 40.6 Å². The molecule has 0 aromatic carbocycles. The number of thiophene rings is 1. The van der Waals surface area contributed by atoms with E-state index in [2.05, 4.69) is 29.9 Å². The second-order valence-electron chi connectivity index (χ2n) is 4.87. The fraction of sp³-hybridized carbons (Fsp3) is 0.692. The second kappa shape index (κ2) is 5.13. The van der Waals surface area contributed by atoms with Crippen molar-refractivity contribution in [1.82, 2.24) is 5.32 Å². The van der Waals surface area contributed by atoms with E-state index in [9.17, 15) is 0 Å². The quantitative estimate of drug-likeness (QED) is 0.816. The maximum absolute atomic E-state index is 3.52. The number of hydrogen-bond acceptors (Lipinski definition) is 2. The first-order chi connectivity index (χ1) is 7.27. The first-order valence-corrected chi connectivity index (χ1v) is 7.00. The Labute approximate surface area is 96.9 Å². The molecule has 1 aromatic rings. The van der Waals surface area contributed by atoms with Crippen molar-refractivity contribution >= 4 is 11.3 Å². The Morgan fingerprint density at radius 1 is 1.33 bits per heavy atom. The number of nitrogens with one attached hydrogen (secondary N) is 1. The zero-order valence-electron chi connectivity index (χ0n) is 9.75. The molecular formula is C13H21NS. The Morgan fingerprint density at radius 3 is 2.73 bits per heavy atom. The third-order valence-corrected chi connectivity index (χ3v) is 4.08. The minimum Gasteiger partial charge on any atom is -0.310 e. The number of rotatable bonds is 4. The Balaban J connectivity index is 2.01. The van der Waals surface area contributed by atoms with E-state index in [1.807, 2.05) is 11.3 Å². The van der Waals surface area contributed by atoms with Crippen LogP contribution in [0, 0.1) is 0 Å². The summed E-state index contributed by atoms with van der Waals surface area (Å²) in [5.74, 6) is 0.861. The van der Waals surface area contributed by atoms with Crippen molar-refractivity contribution < 1.29 is 0 Å². The highest BCUT2D eigenvalue weighted by Crippen LogP contribution is 2.37. The normalized spacial score (nSPS) is 17.8. The van der Waals surface area contributed by atoms with Crippen LogP contribution in [0.2, 0.25) is 0 Å². The van der Waals surface area contributed by atoms with E-state index >= 15 is 0 Å². The molecule has 0 aliphatic heterocycles. The molecule has 2 heteroatoms. The van der Waals surface area contributed by atoms with Gasteiger partial charge in [-0.2, -0.15) is 11.3 Å². The molecular weight excluding hydrogens is 202 g/mol. The molecule has 1 aromatic heterocycles. The predicted molar refractivity (Wildman–Crippen MR) is 67.5 cm³/mol. The smallest absolute Gasteiger partial charge is 0.0218 e. The summed E-state index contributed by atoms with van der Waals surface area (Å²) in [4.78, 5) is 0.